The van der Waals surface area contributed by atoms with Crippen LogP contribution in [0.3, 0.4) is 0 Å². The number of halogens is 3. The quantitative estimate of drug-likeness (QED) is 0.299. The van der Waals surface area contributed by atoms with Gasteiger partial charge in [-0.1, -0.05) is 25.1 Å². The first kappa shape index (κ1) is 30.6. The Balaban J connectivity index is 1.63. The van der Waals surface area contributed by atoms with E-state index in [1.165, 1.54) is 30.5 Å². The Morgan fingerprint density at radius 2 is 1.83 bits per heavy atom. The van der Waals surface area contributed by atoms with Crippen LogP contribution in [0.1, 0.15) is 51.3 Å². The molecule has 2 aromatic heterocycles. The molecule has 0 saturated carbocycles. The molecule has 4 rings (SSSR count). The molecule has 1 aliphatic heterocycles. The molecule has 0 amide bonds. The molecule has 0 radical (unpaired) electrons. The van der Waals surface area contributed by atoms with Gasteiger partial charge < -0.3 is 25.0 Å². The molecule has 3 aromatic rings. The smallest absolute Gasteiger partial charge is 0.306 e. The fourth-order valence-corrected chi connectivity index (χ4v) is 4.58. The molecule has 0 aliphatic carbocycles. The molecular formula is C30H33F3N6O3. The standard InChI is InChI=1S/C30H33F3N6O3/c1-18(13-25(40)42-30(2,3)4)26(21-7-5-6-8-22(21)31)37-28-23(32)14-19(16-34)27(38-28)36-20-15-24(33)29(35-17-20)39-9-11-41-12-10-39/h5-8,14-15,17-18,26H,9-13H2,1-4H3,(H2,36,37,38)/t18-,26+/m1/s1. The minimum atomic E-state index is -0.895. The van der Waals surface area contributed by atoms with E-state index in [-0.39, 0.29) is 40.7 Å². The van der Waals surface area contributed by atoms with Gasteiger partial charge in [-0.3, -0.25) is 4.79 Å². The number of carbonyl (C=O) groups is 1. The van der Waals surface area contributed by atoms with Gasteiger partial charge in [-0.15, -0.1) is 0 Å². The number of esters is 1. The number of hydrogen-bond donors (Lipinski definition) is 2. The Kier molecular flexibility index (Phi) is 9.52. The summed E-state index contributed by atoms with van der Waals surface area (Å²) in [5, 5.41) is 15.4. The van der Waals surface area contributed by atoms with Gasteiger partial charge in [-0.2, -0.15) is 5.26 Å². The molecule has 0 spiro atoms. The molecule has 2 atom stereocenters. The largest absolute Gasteiger partial charge is 0.460 e. The number of nitrogens with zero attached hydrogens (tertiary/aromatic N) is 4. The molecule has 1 saturated heterocycles. The van der Waals surface area contributed by atoms with Gasteiger partial charge >= 0.3 is 5.97 Å². The highest BCUT2D eigenvalue weighted by Crippen LogP contribution is 2.33. The third-order valence-electron chi connectivity index (χ3n) is 6.50. The predicted molar refractivity (Wildman–Crippen MR) is 152 cm³/mol. The van der Waals surface area contributed by atoms with Crippen LogP contribution in [0.15, 0.2) is 42.6 Å². The monoisotopic (exact) mass is 582 g/mol. The molecule has 2 N–H and O–H groups in total. The molecule has 1 fully saturated rings. The Morgan fingerprint density at radius 3 is 2.48 bits per heavy atom. The highest BCUT2D eigenvalue weighted by atomic mass is 19.1. The summed E-state index contributed by atoms with van der Waals surface area (Å²) in [6.45, 7) is 8.86. The molecule has 0 unspecified atom stereocenters. The lowest BCUT2D eigenvalue weighted by Gasteiger charge is -2.28. The zero-order valence-corrected chi connectivity index (χ0v) is 23.9. The lowest BCUT2D eigenvalue weighted by Crippen LogP contribution is -2.37. The first-order chi connectivity index (χ1) is 19.9. The number of nitriles is 1. The van der Waals surface area contributed by atoms with Crippen LogP contribution in [0.2, 0.25) is 0 Å². The zero-order valence-electron chi connectivity index (χ0n) is 23.9. The van der Waals surface area contributed by atoms with Crippen molar-refractivity contribution in [2.75, 3.05) is 41.8 Å². The van der Waals surface area contributed by atoms with E-state index in [0.717, 1.165) is 6.07 Å². The second-order valence-corrected chi connectivity index (χ2v) is 11.0. The molecule has 1 aliphatic rings. The molecular weight excluding hydrogens is 549 g/mol. The van der Waals surface area contributed by atoms with Crippen LogP contribution in [0.4, 0.5) is 36.3 Å². The molecule has 3 heterocycles. The molecule has 9 nitrogen and oxygen atoms in total. The van der Waals surface area contributed by atoms with Gasteiger partial charge in [-0.05, 0) is 38.8 Å². The van der Waals surface area contributed by atoms with Gasteiger partial charge in [0.15, 0.2) is 29.1 Å². The van der Waals surface area contributed by atoms with Crippen LogP contribution in [0, 0.1) is 34.7 Å². The third-order valence-corrected chi connectivity index (χ3v) is 6.50. The summed E-state index contributed by atoms with van der Waals surface area (Å²) in [5.74, 6) is -3.25. The number of ether oxygens (including phenoxy) is 2. The number of hydrogen-bond acceptors (Lipinski definition) is 9. The van der Waals surface area contributed by atoms with Crippen molar-refractivity contribution in [3.8, 4) is 6.07 Å². The SMILES string of the molecule is C[C@H](CC(=O)OC(C)(C)C)[C@H](Nc1nc(Nc2cnc(N3CCOCC3)c(F)c2)c(C#N)cc1F)c1ccccc1F. The number of pyridine rings is 2. The Labute approximate surface area is 242 Å². The number of aromatic nitrogens is 2. The second-order valence-electron chi connectivity index (χ2n) is 11.0. The number of rotatable bonds is 9. The average molecular weight is 583 g/mol. The summed E-state index contributed by atoms with van der Waals surface area (Å²) in [4.78, 5) is 22.8. The lowest BCUT2D eigenvalue weighted by atomic mass is 9.91. The van der Waals surface area contributed by atoms with E-state index in [9.17, 15) is 18.8 Å². The van der Waals surface area contributed by atoms with Crippen molar-refractivity contribution in [1.82, 2.24) is 9.97 Å². The van der Waals surface area contributed by atoms with Gasteiger partial charge in [0.1, 0.15) is 17.5 Å². The summed E-state index contributed by atoms with van der Waals surface area (Å²) in [5.41, 5.74) is -0.470. The van der Waals surface area contributed by atoms with Crippen molar-refractivity contribution < 1.29 is 27.4 Å². The van der Waals surface area contributed by atoms with Crippen LogP contribution in [-0.2, 0) is 14.3 Å². The van der Waals surface area contributed by atoms with E-state index < -0.39 is 41.0 Å². The van der Waals surface area contributed by atoms with Crippen molar-refractivity contribution in [3.05, 3.63) is 71.2 Å². The maximum absolute atomic E-state index is 15.2. The van der Waals surface area contributed by atoms with E-state index in [1.54, 1.807) is 38.7 Å². The Hall–Kier alpha value is -4.37. The van der Waals surface area contributed by atoms with Crippen LogP contribution in [-0.4, -0.2) is 47.8 Å². The molecule has 0 bridgehead atoms. The zero-order chi connectivity index (χ0) is 30.4. The average Bonchev–Trinajstić information content (AvgIpc) is 2.93. The molecule has 222 valence electrons. The van der Waals surface area contributed by atoms with E-state index in [4.69, 9.17) is 9.47 Å². The predicted octanol–water partition coefficient (Wildman–Crippen LogP) is 5.87. The first-order valence-electron chi connectivity index (χ1n) is 13.5. The Morgan fingerprint density at radius 1 is 1.12 bits per heavy atom. The summed E-state index contributed by atoms with van der Waals surface area (Å²) >= 11 is 0. The van der Waals surface area contributed by atoms with Crippen molar-refractivity contribution in [3.63, 3.8) is 0 Å². The van der Waals surface area contributed by atoms with Gasteiger partial charge in [-0.25, -0.2) is 23.1 Å². The molecule has 12 heteroatoms. The second kappa shape index (κ2) is 13.1. The lowest BCUT2D eigenvalue weighted by molar-refractivity contribution is -0.156. The fourth-order valence-electron chi connectivity index (χ4n) is 4.58. The fraction of sp³-hybridized carbons (Fsp3) is 0.400. The maximum atomic E-state index is 15.2. The van der Waals surface area contributed by atoms with Crippen LogP contribution in [0.5, 0.6) is 0 Å². The first-order valence-corrected chi connectivity index (χ1v) is 13.5. The van der Waals surface area contributed by atoms with Crippen LogP contribution < -0.4 is 15.5 Å². The van der Waals surface area contributed by atoms with Crippen molar-refractivity contribution in [2.45, 2.75) is 45.8 Å². The molecule has 1 aromatic carbocycles. The minimum absolute atomic E-state index is 0.0613. The topological polar surface area (TPSA) is 112 Å². The van der Waals surface area contributed by atoms with Crippen molar-refractivity contribution in [2.24, 2.45) is 5.92 Å². The van der Waals surface area contributed by atoms with Gasteiger partial charge in [0.05, 0.1) is 43.1 Å². The summed E-state index contributed by atoms with van der Waals surface area (Å²) in [6.07, 6.45) is 1.30. The van der Waals surface area contributed by atoms with Crippen LogP contribution in [0.25, 0.3) is 0 Å². The van der Waals surface area contributed by atoms with Crippen molar-refractivity contribution in [1.29, 1.82) is 5.26 Å². The summed E-state index contributed by atoms with van der Waals surface area (Å²) < 4.78 is 55.8. The van der Waals surface area contributed by atoms with Crippen LogP contribution >= 0.6 is 0 Å². The minimum Gasteiger partial charge on any atom is -0.460 e. The normalized spacial score (nSPS) is 15.0. The Bertz CT molecular complexity index is 1470. The summed E-state index contributed by atoms with van der Waals surface area (Å²) in [7, 11) is 0. The van der Waals surface area contributed by atoms with Gasteiger partial charge in [0.2, 0.25) is 0 Å². The highest BCUT2D eigenvalue weighted by Gasteiger charge is 2.28. The number of morpholine rings is 1. The van der Waals surface area contributed by atoms with Gasteiger partial charge in [0.25, 0.3) is 0 Å². The third kappa shape index (κ3) is 7.67. The van der Waals surface area contributed by atoms with Gasteiger partial charge in [0, 0.05) is 24.7 Å². The van der Waals surface area contributed by atoms with E-state index >= 15 is 4.39 Å². The highest BCUT2D eigenvalue weighted by molar-refractivity contribution is 5.70. The number of nitrogens with one attached hydrogen (secondary N) is 2. The summed E-state index contributed by atoms with van der Waals surface area (Å²) in [6, 6.07) is 9.11. The number of anilines is 4. The van der Waals surface area contributed by atoms with E-state index in [2.05, 4.69) is 20.6 Å². The van der Waals surface area contributed by atoms with Crippen molar-refractivity contribution >= 4 is 29.1 Å². The van der Waals surface area contributed by atoms with E-state index in [0.29, 0.717) is 26.3 Å². The number of carbonyl (C=O) groups excluding carboxylic acids is 1. The number of benzene rings is 1. The van der Waals surface area contributed by atoms with E-state index in [1.807, 2.05) is 6.07 Å². The molecule has 42 heavy (non-hydrogen) atoms. The maximum Gasteiger partial charge on any atom is 0.306 e.